The first-order valence-corrected chi connectivity index (χ1v) is 4.88. The van der Waals surface area contributed by atoms with Gasteiger partial charge in [-0.25, -0.2) is 9.79 Å². The molecule has 4 heteroatoms. The third-order valence-corrected chi connectivity index (χ3v) is 2.18. The summed E-state index contributed by atoms with van der Waals surface area (Å²) in [7, 11) is 0. The Bertz CT molecular complexity index is 327. The highest BCUT2D eigenvalue weighted by Crippen LogP contribution is 2.19. The number of halogens is 2. The maximum atomic E-state index is 9.80. The number of isocyanates is 1. The van der Waals surface area contributed by atoms with Crippen LogP contribution in [0.2, 0.25) is 5.02 Å². The van der Waals surface area contributed by atoms with Crippen molar-refractivity contribution in [2.45, 2.75) is 6.42 Å². The molecule has 0 aromatic heterocycles. The van der Waals surface area contributed by atoms with Crippen molar-refractivity contribution in [1.82, 2.24) is 0 Å². The van der Waals surface area contributed by atoms with E-state index >= 15 is 0 Å². The summed E-state index contributed by atoms with van der Waals surface area (Å²) in [6, 6.07) is 5.62. The van der Waals surface area contributed by atoms with E-state index in [1.165, 1.54) is 6.08 Å². The van der Waals surface area contributed by atoms with Crippen molar-refractivity contribution in [2.75, 3.05) is 6.54 Å². The molecule has 0 radical (unpaired) electrons. The molecule has 0 saturated carbocycles. The summed E-state index contributed by atoms with van der Waals surface area (Å²) in [4.78, 5) is 13.3. The largest absolute Gasteiger partial charge is 0.234 e. The molecule has 0 aliphatic rings. The van der Waals surface area contributed by atoms with Crippen LogP contribution in [0, 0.1) is 0 Å². The van der Waals surface area contributed by atoms with E-state index < -0.39 is 0 Å². The van der Waals surface area contributed by atoms with Crippen LogP contribution in [0.5, 0.6) is 0 Å². The van der Waals surface area contributed by atoms with Crippen LogP contribution in [-0.2, 0) is 11.2 Å². The van der Waals surface area contributed by atoms with Gasteiger partial charge in [-0.05, 0) is 30.2 Å². The minimum absolute atomic E-state index is 0.455. The molecule has 0 fully saturated rings. The number of rotatable bonds is 3. The minimum Gasteiger partial charge on any atom is -0.211 e. The Morgan fingerprint density at radius 2 is 2.23 bits per heavy atom. The summed E-state index contributed by atoms with van der Waals surface area (Å²) in [6.45, 7) is 0.455. The predicted molar refractivity (Wildman–Crippen MR) is 55.8 cm³/mol. The van der Waals surface area contributed by atoms with Gasteiger partial charge in [0.1, 0.15) is 0 Å². The molecule has 1 rings (SSSR count). The fourth-order valence-electron chi connectivity index (χ4n) is 0.986. The Morgan fingerprint density at radius 3 is 2.85 bits per heavy atom. The van der Waals surface area contributed by atoms with E-state index in [2.05, 4.69) is 20.9 Å². The van der Waals surface area contributed by atoms with Gasteiger partial charge in [-0.1, -0.05) is 27.5 Å². The van der Waals surface area contributed by atoms with Crippen LogP contribution in [0.15, 0.2) is 27.7 Å². The van der Waals surface area contributed by atoms with E-state index in [1.807, 2.05) is 18.2 Å². The van der Waals surface area contributed by atoms with Gasteiger partial charge in [-0.2, -0.15) is 0 Å². The molecule has 0 unspecified atom stereocenters. The van der Waals surface area contributed by atoms with Crippen LogP contribution < -0.4 is 0 Å². The third kappa shape index (κ3) is 3.73. The Labute approximate surface area is 89.8 Å². The van der Waals surface area contributed by atoms with Crippen LogP contribution in [0.1, 0.15) is 5.56 Å². The maximum Gasteiger partial charge on any atom is 0.234 e. The van der Waals surface area contributed by atoms with Crippen molar-refractivity contribution < 1.29 is 4.79 Å². The molecule has 0 N–H and O–H groups in total. The summed E-state index contributed by atoms with van der Waals surface area (Å²) >= 11 is 9.15. The van der Waals surface area contributed by atoms with E-state index in [4.69, 9.17) is 11.6 Å². The molecule has 0 amide bonds. The zero-order chi connectivity index (χ0) is 9.68. The smallest absolute Gasteiger partial charge is 0.211 e. The first-order valence-electron chi connectivity index (χ1n) is 3.71. The van der Waals surface area contributed by atoms with Crippen molar-refractivity contribution in [1.29, 1.82) is 0 Å². The highest BCUT2D eigenvalue weighted by molar-refractivity contribution is 9.10. The molecule has 0 heterocycles. The van der Waals surface area contributed by atoms with Gasteiger partial charge in [0.15, 0.2) is 0 Å². The lowest BCUT2D eigenvalue weighted by molar-refractivity contribution is 0.563. The molecular weight excluding hydrogens is 253 g/mol. The first kappa shape index (κ1) is 10.5. The van der Waals surface area contributed by atoms with Gasteiger partial charge in [-0.3, -0.25) is 0 Å². The van der Waals surface area contributed by atoms with Crippen molar-refractivity contribution in [2.24, 2.45) is 4.99 Å². The summed E-state index contributed by atoms with van der Waals surface area (Å²) in [5.41, 5.74) is 1.05. The highest BCUT2D eigenvalue weighted by atomic mass is 79.9. The van der Waals surface area contributed by atoms with Crippen molar-refractivity contribution in [3.05, 3.63) is 33.3 Å². The number of carbonyl (C=O) groups excluding carboxylic acids is 1. The number of nitrogens with zero attached hydrogens (tertiary/aromatic N) is 1. The normalized spacial score (nSPS) is 9.38. The van der Waals surface area contributed by atoms with Crippen molar-refractivity contribution in [3.8, 4) is 0 Å². The Kier molecular flexibility index (Phi) is 4.16. The predicted octanol–water partition coefficient (Wildman–Crippen LogP) is 2.98. The van der Waals surface area contributed by atoms with Crippen molar-refractivity contribution in [3.63, 3.8) is 0 Å². The fourth-order valence-corrected chi connectivity index (χ4v) is 1.92. The lowest BCUT2D eigenvalue weighted by atomic mass is 10.1. The van der Waals surface area contributed by atoms with Crippen LogP contribution in [0.4, 0.5) is 0 Å². The first-order chi connectivity index (χ1) is 6.22. The summed E-state index contributed by atoms with van der Waals surface area (Å²) in [5.74, 6) is 0. The monoisotopic (exact) mass is 259 g/mol. The maximum absolute atomic E-state index is 9.80. The Balaban J connectivity index is 2.71. The SMILES string of the molecule is O=C=NCCc1cc(Cl)cc(Br)c1. The standard InChI is InChI=1S/C9H7BrClNO/c10-8-3-7(1-2-12-6-13)4-9(11)5-8/h3-5H,1-2H2. The molecule has 0 atom stereocenters. The quantitative estimate of drug-likeness (QED) is 0.607. The van der Waals surface area contributed by atoms with Crippen LogP contribution in [-0.4, -0.2) is 12.6 Å². The van der Waals surface area contributed by atoms with E-state index in [0.29, 0.717) is 18.0 Å². The zero-order valence-electron chi connectivity index (χ0n) is 6.76. The fraction of sp³-hybridized carbons (Fsp3) is 0.222. The molecule has 0 spiro atoms. The molecule has 13 heavy (non-hydrogen) atoms. The molecule has 1 aromatic carbocycles. The van der Waals surface area contributed by atoms with Gasteiger partial charge in [0.2, 0.25) is 6.08 Å². The minimum atomic E-state index is 0.455. The second kappa shape index (κ2) is 5.18. The topological polar surface area (TPSA) is 29.4 Å². The second-order valence-electron chi connectivity index (χ2n) is 2.50. The lowest BCUT2D eigenvalue weighted by Gasteiger charge is -1.99. The van der Waals surface area contributed by atoms with Crippen LogP contribution in [0.25, 0.3) is 0 Å². The molecule has 0 bridgehead atoms. The van der Waals surface area contributed by atoms with Crippen LogP contribution >= 0.6 is 27.5 Å². The lowest BCUT2D eigenvalue weighted by Crippen LogP contribution is -1.89. The average molecular weight is 261 g/mol. The zero-order valence-corrected chi connectivity index (χ0v) is 9.10. The molecule has 1 aromatic rings. The van der Waals surface area contributed by atoms with Crippen LogP contribution in [0.3, 0.4) is 0 Å². The third-order valence-electron chi connectivity index (χ3n) is 1.50. The molecule has 68 valence electrons. The van der Waals surface area contributed by atoms with Gasteiger partial charge in [-0.15, -0.1) is 0 Å². The van der Waals surface area contributed by atoms with Gasteiger partial charge < -0.3 is 0 Å². The molecular formula is C9H7BrClNO. The summed E-state index contributed by atoms with van der Waals surface area (Å²) < 4.78 is 0.935. The molecule has 0 aliphatic carbocycles. The second-order valence-corrected chi connectivity index (χ2v) is 3.85. The average Bonchev–Trinajstić information content (AvgIpc) is 2.03. The molecule has 0 saturated heterocycles. The number of aliphatic imine (C=N–C) groups is 1. The van der Waals surface area contributed by atoms with E-state index in [1.54, 1.807) is 0 Å². The van der Waals surface area contributed by atoms with Gasteiger partial charge in [0.25, 0.3) is 0 Å². The Morgan fingerprint density at radius 1 is 1.46 bits per heavy atom. The molecule has 2 nitrogen and oxygen atoms in total. The van der Waals surface area contributed by atoms with Crippen molar-refractivity contribution >= 4 is 33.6 Å². The number of hydrogen-bond acceptors (Lipinski definition) is 2. The Hall–Kier alpha value is -0.630. The number of hydrogen-bond donors (Lipinski definition) is 0. The van der Waals surface area contributed by atoms with Gasteiger partial charge in [0.05, 0.1) is 6.54 Å². The summed E-state index contributed by atoms with van der Waals surface area (Å²) in [6.07, 6.45) is 2.20. The van der Waals surface area contributed by atoms with E-state index in [9.17, 15) is 4.79 Å². The van der Waals surface area contributed by atoms with Gasteiger partial charge >= 0.3 is 0 Å². The van der Waals surface area contributed by atoms with Gasteiger partial charge in [0, 0.05) is 9.50 Å². The highest BCUT2D eigenvalue weighted by Gasteiger charge is 1.96. The van der Waals surface area contributed by atoms with E-state index in [0.717, 1.165) is 10.0 Å². The number of benzene rings is 1. The molecule has 0 aliphatic heterocycles. The van der Waals surface area contributed by atoms with E-state index in [-0.39, 0.29) is 0 Å². The summed E-state index contributed by atoms with van der Waals surface area (Å²) in [5, 5.41) is 0.680.